The van der Waals surface area contributed by atoms with E-state index in [0.717, 1.165) is 32.2 Å². The van der Waals surface area contributed by atoms with E-state index in [9.17, 15) is 4.79 Å². The van der Waals surface area contributed by atoms with Crippen LogP contribution in [0, 0.1) is 0 Å². The normalized spacial score (nSPS) is 20.7. The van der Waals surface area contributed by atoms with Crippen LogP contribution in [0.15, 0.2) is 30.3 Å². The Morgan fingerprint density at radius 2 is 1.95 bits per heavy atom. The number of rotatable bonds is 5. The fourth-order valence-corrected chi connectivity index (χ4v) is 2.80. The molecule has 0 spiro atoms. The molecule has 3 heteroatoms. The lowest BCUT2D eigenvalue weighted by Gasteiger charge is -2.39. The van der Waals surface area contributed by atoms with E-state index in [1.807, 2.05) is 23.1 Å². The summed E-state index contributed by atoms with van der Waals surface area (Å²) in [5.74, 6) is 0.244. The molecule has 0 saturated heterocycles. The van der Waals surface area contributed by atoms with Gasteiger partial charge in [0.05, 0.1) is 0 Å². The van der Waals surface area contributed by atoms with E-state index in [0.29, 0.717) is 12.5 Å². The lowest BCUT2D eigenvalue weighted by atomic mass is 9.75. The molecule has 1 aromatic rings. The molecule has 102 valence electrons. The molecule has 3 rings (SSSR count). The first-order chi connectivity index (χ1) is 9.16. The SMILES string of the molecule is NC1(CC(=O)N(Cc2ccccc2)C2CC2)CCC1. The summed E-state index contributed by atoms with van der Waals surface area (Å²) in [6.45, 7) is 0.737. The molecule has 0 unspecified atom stereocenters. The van der Waals surface area contributed by atoms with Crippen molar-refractivity contribution < 1.29 is 4.79 Å². The van der Waals surface area contributed by atoms with E-state index >= 15 is 0 Å². The van der Waals surface area contributed by atoms with Gasteiger partial charge in [0.25, 0.3) is 0 Å². The highest BCUT2D eigenvalue weighted by molar-refractivity contribution is 5.78. The maximum Gasteiger partial charge on any atom is 0.224 e. The number of benzene rings is 1. The lowest BCUT2D eigenvalue weighted by molar-refractivity contribution is -0.134. The third-order valence-corrected chi connectivity index (χ3v) is 4.36. The average Bonchev–Trinajstić information content (AvgIpc) is 3.19. The molecule has 0 bridgehead atoms. The highest BCUT2D eigenvalue weighted by Crippen LogP contribution is 2.35. The number of nitrogens with zero attached hydrogens (tertiary/aromatic N) is 1. The summed E-state index contributed by atoms with van der Waals surface area (Å²) in [6.07, 6.45) is 6.00. The van der Waals surface area contributed by atoms with Crippen LogP contribution in [0.2, 0.25) is 0 Å². The fraction of sp³-hybridized carbons (Fsp3) is 0.562. The van der Waals surface area contributed by atoms with Gasteiger partial charge in [-0.3, -0.25) is 4.79 Å². The highest BCUT2D eigenvalue weighted by Gasteiger charge is 2.39. The molecule has 1 amide bonds. The summed E-state index contributed by atoms with van der Waals surface area (Å²) in [5, 5.41) is 0. The van der Waals surface area contributed by atoms with Crippen LogP contribution in [-0.2, 0) is 11.3 Å². The van der Waals surface area contributed by atoms with Crippen molar-refractivity contribution in [3.8, 4) is 0 Å². The number of carbonyl (C=O) groups is 1. The predicted molar refractivity (Wildman–Crippen MR) is 75.4 cm³/mol. The Bertz CT molecular complexity index is 449. The minimum atomic E-state index is -0.207. The van der Waals surface area contributed by atoms with Crippen molar-refractivity contribution in [1.29, 1.82) is 0 Å². The van der Waals surface area contributed by atoms with Gasteiger partial charge < -0.3 is 10.6 Å². The van der Waals surface area contributed by atoms with E-state index in [2.05, 4.69) is 12.1 Å². The van der Waals surface area contributed by atoms with Gasteiger partial charge in [-0.15, -0.1) is 0 Å². The molecule has 3 nitrogen and oxygen atoms in total. The monoisotopic (exact) mass is 258 g/mol. The third kappa shape index (κ3) is 2.98. The number of carbonyl (C=O) groups excluding carboxylic acids is 1. The standard InChI is InChI=1S/C16H22N2O/c17-16(9-4-10-16)11-15(19)18(14-7-8-14)12-13-5-2-1-3-6-13/h1-3,5-6,14H,4,7-12,17H2. The van der Waals surface area contributed by atoms with Crippen LogP contribution in [0.4, 0.5) is 0 Å². The zero-order valence-corrected chi connectivity index (χ0v) is 11.3. The van der Waals surface area contributed by atoms with Crippen LogP contribution < -0.4 is 5.73 Å². The molecule has 1 aromatic carbocycles. The van der Waals surface area contributed by atoms with E-state index in [-0.39, 0.29) is 11.4 Å². The zero-order valence-electron chi connectivity index (χ0n) is 11.3. The second-order valence-electron chi connectivity index (χ2n) is 6.13. The van der Waals surface area contributed by atoms with Crippen molar-refractivity contribution in [3.05, 3.63) is 35.9 Å². The molecular weight excluding hydrogens is 236 g/mol. The molecule has 2 N–H and O–H groups in total. The van der Waals surface area contributed by atoms with Crippen molar-refractivity contribution >= 4 is 5.91 Å². The minimum absolute atomic E-state index is 0.207. The van der Waals surface area contributed by atoms with Gasteiger partial charge >= 0.3 is 0 Å². The van der Waals surface area contributed by atoms with E-state index in [4.69, 9.17) is 5.73 Å². The second-order valence-corrected chi connectivity index (χ2v) is 6.13. The number of hydrogen-bond donors (Lipinski definition) is 1. The van der Waals surface area contributed by atoms with Gasteiger partial charge in [0.2, 0.25) is 5.91 Å². The molecule has 2 aliphatic rings. The minimum Gasteiger partial charge on any atom is -0.335 e. The molecule has 2 fully saturated rings. The van der Waals surface area contributed by atoms with Gasteiger partial charge in [0.1, 0.15) is 0 Å². The van der Waals surface area contributed by atoms with Crippen molar-refractivity contribution in [3.63, 3.8) is 0 Å². The number of nitrogens with two attached hydrogens (primary N) is 1. The van der Waals surface area contributed by atoms with Crippen molar-refractivity contribution in [2.24, 2.45) is 5.73 Å². The van der Waals surface area contributed by atoms with Crippen LogP contribution in [0.5, 0.6) is 0 Å². The molecular formula is C16H22N2O. The van der Waals surface area contributed by atoms with E-state index in [1.165, 1.54) is 12.0 Å². The highest BCUT2D eigenvalue weighted by atomic mass is 16.2. The smallest absolute Gasteiger partial charge is 0.224 e. The number of hydrogen-bond acceptors (Lipinski definition) is 2. The third-order valence-electron chi connectivity index (χ3n) is 4.36. The van der Waals surface area contributed by atoms with Gasteiger partial charge in [-0.1, -0.05) is 30.3 Å². The van der Waals surface area contributed by atoms with Gasteiger partial charge in [-0.05, 0) is 37.7 Å². The van der Waals surface area contributed by atoms with Crippen LogP contribution in [0.25, 0.3) is 0 Å². The molecule has 0 heterocycles. The Hall–Kier alpha value is -1.35. The molecule has 0 radical (unpaired) electrons. The van der Waals surface area contributed by atoms with Gasteiger partial charge in [-0.2, -0.15) is 0 Å². The first-order valence-electron chi connectivity index (χ1n) is 7.29. The summed E-state index contributed by atoms with van der Waals surface area (Å²) in [4.78, 5) is 14.5. The predicted octanol–water partition coefficient (Wildman–Crippen LogP) is 2.45. The quantitative estimate of drug-likeness (QED) is 0.881. The zero-order chi connectivity index (χ0) is 13.3. The summed E-state index contributed by atoms with van der Waals surface area (Å²) in [5.41, 5.74) is 7.21. The van der Waals surface area contributed by atoms with Crippen LogP contribution >= 0.6 is 0 Å². The Morgan fingerprint density at radius 1 is 1.26 bits per heavy atom. The molecule has 0 aliphatic heterocycles. The summed E-state index contributed by atoms with van der Waals surface area (Å²) < 4.78 is 0. The fourth-order valence-electron chi connectivity index (χ4n) is 2.80. The largest absolute Gasteiger partial charge is 0.335 e. The molecule has 2 aliphatic carbocycles. The Labute approximate surface area is 114 Å². The van der Waals surface area contributed by atoms with E-state index < -0.39 is 0 Å². The van der Waals surface area contributed by atoms with Gasteiger partial charge in [0.15, 0.2) is 0 Å². The maximum absolute atomic E-state index is 12.5. The van der Waals surface area contributed by atoms with Crippen molar-refractivity contribution in [2.75, 3.05) is 0 Å². The molecule has 19 heavy (non-hydrogen) atoms. The summed E-state index contributed by atoms with van der Waals surface area (Å²) in [6, 6.07) is 10.7. The average molecular weight is 258 g/mol. The van der Waals surface area contributed by atoms with Crippen molar-refractivity contribution in [1.82, 2.24) is 4.90 Å². The summed E-state index contributed by atoms with van der Waals surface area (Å²) >= 11 is 0. The Balaban J connectivity index is 1.65. The Kier molecular flexibility index (Phi) is 3.31. The topological polar surface area (TPSA) is 46.3 Å². The van der Waals surface area contributed by atoms with Crippen LogP contribution in [0.1, 0.15) is 44.1 Å². The number of amides is 1. The van der Waals surface area contributed by atoms with Gasteiger partial charge in [0, 0.05) is 24.5 Å². The molecule has 0 atom stereocenters. The van der Waals surface area contributed by atoms with Crippen LogP contribution in [0.3, 0.4) is 0 Å². The molecule has 2 saturated carbocycles. The van der Waals surface area contributed by atoms with Gasteiger partial charge in [-0.25, -0.2) is 0 Å². The lowest BCUT2D eigenvalue weighted by Crippen LogP contribution is -2.50. The molecule has 0 aromatic heterocycles. The van der Waals surface area contributed by atoms with Crippen molar-refractivity contribution in [2.45, 2.75) is 56.7 Å². The Morgan fingerprint density at radius 3 is 2.47 bits per heavy atom. The summed E-state index contributed by atoms with van der Waals surface area (Å²) in [7, 11) is 0. The first-order valence-corrected chi connectivity index (χ1v) is 7.29. The maximum atomic E-state index is 12.5. The van der Waals surface area contributed by atoms with E-state index in [1.54, 1.807) is 0 Å². The second kappa shape index (κ2) is 4.97. The van der Waals surface area contributed by atoms with Crippen LogP contribution in [-0.4, -0.2) is 22.4 Å². The first kappa shape index (κ1) is 12.7.